The molecule has 2 amide bonds. The molecule has 3 rings (SSSR count). The van der Waals surface area contributed by atoms with Gasteiger partial charge in [0.1, 0.15) is 6.10 Å². The second-order valence-corrected chi connectivity index (χ2v) is 7.28. The van der Waals surface area contributed by atoms with Gasteiger partial charge in [-0.1, -0.05) is 48.6 Å². The largest absolute Gasteiger partial charge is 0.394 e. The van der Waals surface area contributed by atoms with Crippen LogP contribution in [0.3, 0.4) is 0 Å². The molecular formula is C23H27N3O4. The maximum absolute atomic E-state index is 12.4. The molecule has 7 nitrogen and oxygen atoms in total. The topological polar surface area (TPSA) is 101 Å². The minimum atomic E-state index is -0.618. The molecule has 30 heavy (non-hydrogen) atoms. The van der Waals surface area contributed by atoms with Gasteiger partial charge < -0.3 is 20.5 Å². The van der Waals surface area contributed by atoms with E-state index in [0.29, 0.717) is 5.69 Å². The number of carbonyl (C=O) groups excluding carboxylic acids is 2. The number of nitrogens with one attached hydrogen (secondary N) is 2. The summed E-state index contributed by atoms with van der Waals surface area (Å²) in [5.74, 6) is -0.353. The fraction of sp³-hybridized carbons (Fsp3) is 0.348. The molecule has 0 aliphatic carbocycles. The molecule has 3 N–H and O–H groups in total. The summed E-state index contributed by atoms with van der Waals surface area (Å²) < 4.78 is 5.83. The molecule has 1 aliphatic rings. The van der Waals surface area contributed by atoms with Gasteiger partial charge in [-0.05, 0) is 24.6 Å². The lowest BCUT2D eigenvalue weighted by atomic mass is 10.0. The molecule has 0 spiro atoms. The number of nitrogens with zero attached hydrogens (tertiary/aromatic N) is 1. The van der Waals surface area contributed by atoms with Crippen LogP contribution in [0.1, 0.15) is 30.6 Å². The Hall–Kier alpha value is -3.03. The van der Waals surface area contributed by atoms with Crippen LogP contribution in [-0.2, 0) is 20.7 Å². The molecule has 0 fully saturated rings. The highest BCUT2D eigenvalue weighted by Crippen LogP contribution is 2.17. The van der Waals surface area contributed by atoms with E-state index in [0.717, 1.165) is 5.56 Å². The number of hydrogen-bond acceptors (Lipinski definition) is 5. The fourth-order valence-corrected chi connectivity index (χ4v) is 3.35. The predicted octanol–water partition coefficient (Wildman–Crippen LogP) is 1.69. The monoisotopic (exact) mass is 409 g/mol. The van der Waals surface area contributed by atoms with Crippen LogP contribution in [0.5, 0.6) is 0 Å². The van der Waals surface area contributed by atoms with Gasteiger partial charge in [-0.2, -0.15) is 0 Å². The van der Waals surface area contributed by atoms with E-state index in [2.05, 4.69) is 15.6 Å². The second-order valence-electron chi connectivity index (χ2n) is 7.28. The van der Waals surface area contributed by atoms with Crippen molar-refractivity contribution in [3.05, 3.63) is 78.1 Å². The zero-order chi connectivity index (χ0) is 21.3. The van der Waals surface area contributed by atoms with E-state index < -0.39 is 18.2 Å². The van der Waals surface area contributed by atoms with Gasteiger partial charge in [-0.3, -0.25) is 14.6 Å². The van der Waals surface area contributed by atoms with Crippen LogP contribution >= 0.6 is 0 Å². The number of aliphatic hydroxyl groups is 1. The van der Waals surface area contributed by atoms with Gasteiger partial charge in [0.15, 0.2) is 0 Å². The van der Waals surface area contributed by atoms with Gasteiger partial charge in [0, 0.05) is 11.9 Å². The summed E-state index contributed by atoms with van der Waals surface area (Å²) in [6.07, 6.45) is 4.37. The van der Waals surface area contributed by atoms with Crippen molar-refractivity contribution < 1.29 is 19.4 Å². The Kier molecular flexibility index (Phi) is 7.70. The highest BCUT2D eigenvalue weighted by atomic mass is 16.5. The van der Waals surface area contributed by atoms with E-state index >= 15 is 0 Å². The fourth-order valence-electron chi connectivity index (χ4n) is 3.35. The number of aromatic nitrogens is 1. The van der Waals surface area contributed by atoms with Crippen molar-refractivity contribution in [2.24, 2.45) is 0 Å². The third-order valence-corrected chi connectivity index (χ3v) is 4.92. The minimum absolute atomic E-state index is 0.112. The van der Waals surface area contributed by atoms with Gasteiger partial charge in [0.25, 0.3) is 0 Å². The number of rotatable bonds is 8. The first-order chi connectivity index (χ1) is 14.5. The minimum Gasteiger partial charge on any atom is -0.394 e. The first kappa shape index (κ1) is 21.7. The highest BCUT2D eigenvalue weighted by molar-refractivity contribution is 5.79. The maximum atomic E-state index is 12.4. The smallest absolute Gasteiger partial charge is 0.226 e. The Balaban J connectivity index is 1.51. The van der Waals surface area contributed by atoms with Crippen molar-refractivity contribution >= 4 is 11.8 Å². The molecule has 4 atom stereocenters. The molecule has 1 aliphatic heterocycles. The van der Waals surface area contributed by atoms with Crippen LogP contribution < -0.4 is 10.6 Å². The molecule has 1 aromatic carbocycles. The Morgan fingerprint density at radius 3 is 2.57 bits per heavy atom. The number of pyridine rings is 1. The SMILES string of the molecule is C[C@H](NC(=O)C[C@@H]1C=C[C@H](NC(=O)Cc2ccccn2)[C@@H](CO)O1)c1ccccc1. The van der Waals surface area contributed by atoms with E-state index in [1.54, 1.807) is 30.5 Å². The molecule has 158 valence electrons. The van der Waals surface area contributed by atoms with E-state index in [1.165, 1.54) is 0 Å². The van der Waals surface area contributed by atoms with Crippen LogP contribution in [-0.4, -0.2) is 46.8 Å². The third-order valence-electron chi connectivity index (χ3n) is 4.92. The summed E-state index contributed by atoms with van der Waals surface area (Å²) in [5, 5.41) is 15.5. The summed E-state index contributed by atoms with van der Waals surface area (Å²) in [4.78, 5) is 28.8. The van der Waals surface area contributed by atoms with Crippen LogP contribution in [0.15, 0.2) is 66.9 Å². The number of ether oxygens (including phenoxy) is 1. The summed E-state index contributed by atoms with van der Waals surface area (Å²) >= 11 is 0. The van der Waals surface area contributed by atoms with Gasteiger partial charge in [0.05, 0.1) is 37.6 Å². The molecule has 7 heteroatoms. The zero-order valence-corrected chi connectivity index (χ0v) is 16.9. The summed E-state index contributed by atoms with van der Waals surface area (Å²) in [6, 6.07) is 14.5. The Labute approximate surface area is 176 Å². The molecular weight excluding hydrogens is 382 g/mol. The number of carbonyl (C=O) groups is 2. The molecule has 0 radical (unpaired) electrons. The first-order valence-electron chi connectivity index (χ1n) is 10.0. The summed E-state index contributed by atoms with van der Waals surface area (Å²) in [6.45, 7) is 1.66. The highest BCUT2D eigenvalue weighted by Gasteiger charge is 2.29. The van der Waals surface area contributed by atoms with E-state index in [1.807, 2.05) is 43.3 Å². The molecule has 0 saturated carbocycles. The molecule has 0 unspecified atom stereocenters. The van der Waals surface area contributed by atoms with Crippen LogP contribution in [0, 0.1) is 0 Å². The van der Waals surface area contributed by atoms with Crippen LogP contribution in [0.2, 0.25) is 0 Å². The van der Waals surface area contributed by atoms with Gasteiger partial charge in [-0.25, -0.2) is 0 Å². The van der Waals surface area contributed by atoms with Crippen LogP contribution in [0.4, 0.5) is 0 Å². The molecule has 1 aromatic heterocycles. The van der Waals surface area contributed by atoms with Crippen molar-refractivity contribution in [3.8, 4) is 0 Å². The van der Waals surface area contributed by atoms with Gasteiger partial charge in [-0.15, -0.1) is 0 Å². The van der Waals surface area contributed by atoms with Gasteiger partial charge in [0.2, 0.25) is 11.8 Å². The second kappa shape index (κ2) is 10.7. The van der Waals surface area contributed by atoms with E-state index in [9.17, 15) is 14.7 Å². The molecule has 0 bridgehead atoms. The quantitative estimate of drug-likeness (QED) is 0.576. The van der Waals surface area contributed by atoms with E-state index in [-0.39, 0.29) is 37.3 Å². The Morgan fingerprint density at radius 1 is 1.10 bits per heavy atom. The summed E-state index contributed by atoms with van der Waals surface area (Å²) in [5.41, 5.74) is 1.69. The number of benzene rings is 1. The third kappa shape index (κ3) is 6.23. The number of amides is 2. The van der Waals surface area contributed by atoms with Crippen LogP contribution in [0.25, 0.3) is 0 Å². The predicted molar refractivity (Wildman–Crippen MR) is 112 cm³/mol. The Morgan fingerprint density at radius 2 is 1.87 bits per heavy atom. The van der Waals surface area contributed by atoms with Crippen molar-refractivity contribution in [1.29, 1.82) is 0 Å². The van der Waals surface area contributed by atoms with Crippen molar-refractivity contribution in [1.82, 2.24) is 15.6 Å². The van der Waals surface area contributed by atoms with Gasteiger partial charge >= 0.3 is 0 Å². The average molecular weight is 409 g/mol. The van der Waals surface area contributed by atoms with Crippen molar-refractivity contribution in [2.75, 3.05) is 6.61 Å². The molecule has 0 saturated heterocycles. The standard InChI is InChI=1S/C23H27N3O4/c1-16(17-7-3-2-4-8-17)25-23(29)14-19-10-11-20(21(15-27)30-19)26-22(28)13-18-9-5-6-12-24-18/h2-12,16,19-21,27H,13-15H2,1H3,(H,25,29)(H,26,28)/t16-,19-,20-,21+/m0/s1. The molecule has 2 heterocycles. The zero-order valence-electron chi connectivity index (χ0n) is 16.9. The maximum Gasteiger partial charge on any atom is 0.226 e. The normalized spacial score (nSPS) is 21.6. The Bertz CT molecular complexity index is 857. The number of aliphatic hydroxyl groups excluding tert-OH is 1. The lowest BCUT2D eigenvalue weighted by molar-refractivity contribution is -0.128. The lowest BCUT2D eigenvalue weighted by Gasteiger charge is -2.31. The average Bonchev–Trinajstić information content (AvgIpc) is 2.76. The van der Waals surface area contributed by atoms with E-state index in [4.69, 9.17) is 4.74 Å². The number of hydrogen-bond donors (Lipinski definition) is 3. The van der Waals surface area contributed by atoms with Crippen molar-refractivity contribution in [2.45, 2.75) is 44.1 Å². The first-order valence-corrected chi connectivity index (χ1v) is 10.0. The lowest BCUT2D eigenvalue weighted by Crippen LogP contribution is -2.49. The molecule has 2 aromatic rings. The van der Waals surface area contributed by atoms with Crippen molar-refractivity contribution in [3.63, 3.8) is 0 Å². The summed E-state index contributed by atoms with van der Waals surface area (Å²) in [7, 11) is 0.